The van der Waals surface area contributed by atoms with Gasteiger partial charge in [0.05, 0.1) is 0 Å². The lowest BCUT2D eigenvalue weighted by Gasteiger charge is -2.34. The molecule has 0 unspecified atom stereocenters. The second kappa shape index (κ2) is 14.5. The van der Waals surface area contributed by atoms with Crippen molar-refractivity contribution in [2.24, 2.45) is 11.8 Å². The summed E-state index contributed by atoms with van der Waals surface area (Å²) in [6.07, 6.45) is 10.8. The molecule has 5 nitrogen and oxygen atoms in total. The Labute approximate surface area is 246 Å². The lowest BCUT2D eigenvalue weighted by molar-refractivity contribution is -0.137. The molecule has 0 aliphatic heterocycles. The molecule has 7 heteroatoms. The van der Waals surface area contributed by atoms with E-state index >= 15 is 0 Å². The van der Waals surface area contributed by atoms with Crippen LogP contribution in [0, 0.1) is 11.8 Å². The number of benzene rings is 2. The second-order valence-electron chi connectivity index (χ2n) is 11.1. The van der Waals surface area contributed by atoms with Gasteiger partial charge in [-0.05, 0) is 61.9 Å². The van der Waals surface area contributed by atoms with E-state index < -0.39 is 17.8 Å². The van der Waals surface area contributed by atoms with Crippen LogP contribution in [0.2, 0.25) is 5.02 Å². The highest BCUT2D eigenvalue weighted by molar-refractivity contribution is 9.10. The summed E-state index contributed by atoms with van der Waals surface area (Å²) in [6.45, 7) is 1.96. The fraction of sp³-hybridized carbons (Fsp3) is 0.531. The van der Waals surface area contributed by atoms with E-state index in [0.29, 0.717) is 17.0 Å². The molecule has 2 saturated carbocycles. The van der Waals surface area contributed by atoms with Crippen LogP contribution in [-0.2, 0) is 9.59 Å². The molecule has 0 radical (unpaired) electrons. The largest absolute Gasteiger partial charge is 0.353 e. The van der Waals surface area contributed by atoms with Crippen LogP contribution >= 0.6 is 27.5 Å². The Morgan fingerprint density at radius 1 is 0.795 bits per heavy atom. The predicted molar refractivity (Wildman–Crippen MR) is 160 cm³/mol. The normalized spacial score (nSPS) is 18.4. The third-order valence-corrected chi connectivity index (χ3v) is 9.20. The third-order valence-electron chi connectivity index (χ3n) is 8.42. The van der Waals surface area contributed by atoms with Gasteiger partial charge < -0.3 is 10.6 Å². The van der Waals surface area contributed by atoms with E-state index in [1.807, 2.05) is 31.2 Å². The van der Waals surface area contributed by atoms with E-state index in [4.69, 9.17) is 11.6 Å². The van der Waals surface area contributed by atoms with Gasteiger partial charge in [-0.3, -0.25) is 14.4 Å². The molecule has 2 amide bonds. The Balaban J connectivity index is 1.74. The quantitative estimate of drug-likeness (QED) is 0.213. The van der Waals surface area contributed by atoms with Crippen LogP contribution in [0.5, 0.6) is 0 Å². The molecule has 2 fully saturated rings. The molecular weight excluding hydrogens is 576 g/mol. The van der Waals surface area contributed by atoms with Crippen molar-refractivity contribution < 1.29 is 14.4 Å². The molecule has 210 valence electrons. The Hall–Kier alpha value is -2.18. The number of halogens is 2. The lowest BCUT2D eigenvalue weighted by atomic mass is 9.71. The number of hydrogen-bond donors (Lipinski definition) is 2. The molecule has 0 bridgehead atoms. The maximum atomic E-state index is 14.1. The summed E-state index contributed by atoms with van der Waals surface area (Å²) in [6, 6.07) is 14.7. The van der Waals surface area contributed by atoms with Crippen LogP contribution in [0.4, 0.5) is 0 Å². The van der Waals surface area contributed by atoms with E-state index in [9.17, 15) is 14.4 Å². The van der Waals surface area contributed by atoms with Crippen molar-refractivity contribution in [2.75, 3.05) is 0 Å². The van der Waals surface area contributed by atoms with Crippen molar-refractivity contribution in [1.29, 1.82) is 0 Å². The number of hydrogen-bond acceptors (Lipinski definition) is 3. The first kappa shape index (κ1) is 29.8. The molecule has 2 atom stereocenters. The minimum Gasteiger partial charge on any atom is -0.353 e. The highest BCUT2D eigenvalue weighted by Gasteiger charge is 2.43. The standard InChI is InChI=1S/C32H40BrClN2O3/c1-2-27(30(37)22-13-17-23(33)18-14-22)28(21-15-19-24(34)20-16-21)29(31(38)35-25-9-5-3-6-10-25)32(39)36-26-11-7-4-8-12-26/h13-20,25-29H,2-12H2,1H3,(H,35,38)(H,36,39)/t27-,28-/m1/s1. The van der Waals surface area contributed by atoms with E-state index in [1.54, 1.807) is 24.3 Å². The van der Waals surface area contributed by atoms with Crippen molar-refractivity contribution in [1.82, 2.24) is 10.6 Å². The summed E-state index contributed by atoms with van der Waals surface area (Å²) in [5.74, 6) is -2.85. The Kier molecular flexibility index (Phi) is 11.0. The SMILES string of the molecule is CC[C@@H](C(=O)c1ccc(Br)cc1)[C@@H](c1ccc(Cl)cc1)C(C(=O)NC1CCCCC1)C(=O)NC1CCCCC1. The molecule has 4 rings (SSSR count). The van der Waals surface area contributed by atoms with Gasteiger partial charge in [0.1, 0.15) is 5.92 Å². The van der Waals surface area contributed by atoms with E-state index in [0.717, 1.165) is 61.4 Å². The summed E-state index contributed by atoms with van der Waals surface area (Å²) in [4.78, 5) is 42.2. The zero-order valence-corrected chi connectivity index (χ0v) is 25.1. The molecule has 0 aromatic heterocycles. The first-order valence-corrected chi connectivity index (χ1v) is 15.7. The average molecular weight is 616 g/mol. The first-order chi connectivity index (χ1) is 18.9. The smallest absolute Gasteiger partial charge is 0.233 e. The minimum absolute atomic E-state index is 0.0596. The number of Topliss-reactive ketones (excluding diaryl/α,β-unsaturated/α-hetero) is 1. The van der Waals surface area contributed by atoms with Gasteiger partial charge in [-0.15, -0.1) is 0 Å². The third kappa shape index (κ3) is 7.94. The molecule has 2 aromatic carbocycles. The minimum atomic E-state index is -1.03. The second-order valence-corrected chi connectivity index (χ2v) is 12.5. The van der Waals surface area contributed by atoms with Gasteiger partial charge in [0.2, 0.25) is 11.8 Å². The number of rotatable bonds is 10. The number of amides is 2. The van der Waals surface area contributed by atoms with Gasteiger partial charge in [0.15, 0.2) is 5.78 Å². The van der Waals surface area contributed by atoms with Crippen molar-refractivity contribution >= 4 is 45.1 Å². The molecule has 2 aliphatic carbocycles. The van der Waals surface area contributed by atoms with Crippen molar-refractivity contribution in [3.05, 3.63) is 69.2 Å². The number of carbonyl (C=O) groups excluding carboxylic acids is 3. The highest BCUT2D eigenvalue weighted by Crippen LogP contribution is 2.38. The molecule has 2 N–H and O–H groups in total. The van der Waals surface area contributed by atoms with Crippen LogP contribution in [0.15, 0.2) is 53.0 Å². The van der Waals surface area contributed by atoms with Gasteiger partial charge in [-0.1, -0.05) is 97.2 Å². The van der Waals surface area contributed by atoms with Gasteiger partial charge in [-0.2, -0.15) is 0 Å². The molecule has 2 aliphatic rings. The van der Waals surface area contributed by atoms with Crippen LogP contribution in [0.3, 0.4) is 0 Å². The molecule has 0 spiro atoms. The Morgan fingerprint density at radius 3 is 1.74 bits per heavy atom. The molecule has 39 heavy (non-hydrogen) atoms. The maximum Gasteiger partial charge on any atom is 0.233 e. The van der Waals surface area contributed by atoms with Gasteiger partial charge in [-0.25, -0.2) is 0 Å². The predicted octanol–water partition coefficient (Wildman–Crippen LogP) is 7.61. The van der Waals surface area contributed by atoms with E-state index in [-0.39, 0.29) is 29.7 Å². The fourth-order valence-corrected chi connectivity index (χ4v) is 6.68. The van der Waals surface area contributed by atoms with Gasteiger partial charge in [0, 0.05) is 39.0 Å². The van der Waals surface area contributed by atoms with Crippen molar-refractivity contribution in [2.45, 2.75) is 95.6 Å². The Bertz CT molecular complexity index is 1080. The summed E-state index contributed by atoms with van der Waals surface area (Å²) in [5, 5.41) is 7.01. The average Bonchev–Trinajstić information content (AvgIpc) is 2.94. The zero-order valence-electron chi connectivity index (χ0n) is 22.8. The van der Waals surface area contributed by atoms with E-state index in [2.05, 4.69) is 26.6 Å². The van der Waals surface area contributed by atoms with Crippen LogP contribution in [0.25, 0.3) is 0 Å². The Morgan fingerprint density at radius 2 is 1.28 bits per heavy atom. The molecular formula is C32H40BrClN2O3. The van der Waals surface area contributed by atoms with Crippen molar-refractivity contribution in [3.8, 4) is 0 Å². The van der Waals surface area contributed by atoms with E-state index in [1.165, 1.54) is 12.8 Å². The summed E-state index contributed by atoms with van der Waals surface area (Å²) in [5.41, 5.74) is 1.35. The fourth-order valence-electron chi connectivity index (χ4n) is 6.29. The monoisotopic (exact) mass is 614 g/mol. The van der Waals surface area contributed by atoms with Gasteiger partial charge in [0.25, 0.3) is 0 Å². The van der Waals surface area contributed by atoms with Crippen LogP contribution in [-0.4, -0.2) is 29.7 Å². The molecule has 0 heterocycles. The lowest BCUT2D eigenvalue weighted by Crippen LogP contribution is -2.51. The molecule has 0 saturated heterocycles. The summed E-state index contributed by atoms with van der Waals surface area (Å²) >= 11 is 9.68. The molecule has 2 aromatic rings. The number of ketones is 1. The first-order valence-electron chi connectivity index (χ1n) is 14.5. The number of nitrogens with one attached hydrogen (secondary N) is 2. The zero-order chi connectivity index (χ0) is 27.8. The van der Waals surface area contributed by atoms with Crippen LogP contribution in [0.1, 0.15) is 99.4 Å². The summed E-state index contributed by atoms with van der Waals surface area (Å²) < 4.78 is 0.887. The van der Waals surface area contributed by atoms with Gasteiger partial charge >= 0.3 is 0 Å². The van der Waals surface area contributed by atoms with Crippen LogP contribution < -0.4 is 10.6 Å². The maximum absolute atomic E-state index is 14.1. The summed E-state index contributed by atoms with van der Waals surface area (Å²) in [7, 11) is 0. The highest BCUT2D eigenvalue weighted by atomic mass is 79.9. The topological polar surface area (TPSA) is 75.3 Å². The van der Waals surface area contributed by atoms with Crippen molar-refractivity contribution in [3.63, 3.8) is 0 Å². The number of carbonyl (C=O) groups is 3.